The van der Waals surface area contributed by atoms with Crippen molar-refractivity contribution < 1.29 is 14.3 Å². The van der Waals surface area contributed by atoms with Gasteiger partial charge in [-0.15, -0.1) is 0 Å². The highest BCUT2D eigenvalue weighted by molar-refractivity contribution is 6.31. The Hall–Kier alpha value is -2.40. The minimum atomic E-state index is -0.249. The average Bonchev–Trinajstić information content (AvgIpc) is 2.54. The average molecular weight is 333 g/mol. The summed E-state index contributed by atoms with van der Waals surface area (Å²) in [5, 5.41) is 3.38. The first-order valence-corrected chi connectivity index (χ1v) is 7.62. The number of nitrogens with zero attached hydrogens (tertiary/aromatic N) is 1. The van der Waals surface area contributed by atoms with Crippen LogP contribution in [0, 0.1) is 6.92 Å². The summed E-state index contributed by atoms with van der Waals surface area (Å²) >= 11 is 6.00. The van der Waals surface area contributed by atoms with Crippen LogP contribution in [0.25, 0.3) is 0 Å². The number of halogens is 1. The second kappa shape index (κ2) is 6.38. The monoisotopic (exact) mass is 332 g/mol. The molecule has 0 fully saturated rings. The van der Waals surface area contributed by atoms with E-state index in [9.17, 15) is 4.79 Å². The van der Waals surface area contributed by atoms with Gasteiger partial charge in [0.05, 0.1) is 25.0 Å². The smallest absolute Gasteiger partial charge is 0.326 e. The number of carbonyl (C=O) groups is 1. The minimum absolute atomic E-state index is 0.249. The Morgan fingerprint density at radius 1 is 1.30 bits per heavy atom. The Morgan fingerprint density at radius 3 is 2.91 bits per heavy atom. The normalized spacial score (nSPS) is 13.1. The molecule has 0 saturated heterocycles. The molecule has 6 heteroatoms. The van der Waals surface area contributed by atoms with Crippen LogP contribution in [0.5, 0.6) is 11.5 Å². The summed E-state index contributed by atoms with van der Waals surface area (Å²) in [6.45, 7) is 2.91. The molecule has 5 nitrogen and oxygen atoms in total. The predicted molar refractivity (Wildman–Crippen MR) is 91.0 cm³/mol. The topological polar surface area (TPSA) is 50.8 Å². The standard InChI is InChI=1S/C17H17ClN2O3/c1-11-3-5-16-14(9-11)20(7-8-23-16)17(21)19-13-10-12(18)4-6-15(13)22-2/h3-6,9-10H,7-8H2,1-2H3,(H,19,21). The zero-order valence-corrected chi connectivity index (χ0v) is 13.7. The molecule has 0 radical (unpaired) electrons. The van der Waals surface area contributed by atoms with Crippen LogP contribution in [0.2, 0.25) is 5.02 Å². The first kappa shape index (κ1) is 15.5. The Kier molecular flexibility index (Phi) is 4.30. The molecule has 0 spiro atoms. The van der Waals surface area contributed by atoms with Crippen LogP contribution in [-0.2, 0) is 0 Å². The van der Waals surface area contributed by atoms with Crippen LogP contribution in [0.3, 0.4) is 0 Å². The van der Waals surface area contributed by atoms with Gasteiger partial charge in [-0.3, -0.25) is 4.90 Å². The summed E-state index contributed by atoms with van der Waals surface area (Å²) < 4.78 is 10.9. The molecule has 0 bridgehead atoms. The van der Waals surface area contributed by atoms with E-state index in [1.807, 2.05) is 25.1 Å². The number of anilines is 2. The van der Waals surface area contributed by atoms with Crippen LogP contribution < -0.4 is 19.7 Å². The molecule has 2 aromatic carbocycles. The van der Waals surface area contributed by atoms with Crippen LogP contribution in [0.15, 0.2) is 36.4 Å². The summed E-state index contributed by atoms with van der Waals surface area (Å²) in [6.07, 6.45) is 0. The zero-order chi connectivity index (χ0) is 16.4. The van der Waals surface area contributed by atoms with Crippen LogP contribution in [0.1, 0.15) is 5.56 Å². The lowest BCUT2D eigenvalue weighted by Gasteiger charge is -2.30. The Morgan fingerprint density at radius 2 is 2.13 bits per heavy atom. The van der Waals surface area contributed by atoms with Crippen molar-refractivity contribution >= 4 is 29.0 Å². The second-order valence-corrected chi connectivity index (χ2v) is 5.68. The fourth-order valence-corrected chi connectivity index (χ4v) is 2.67. The molecule has 0 saturated carbocycles. The van der Waals surface area contributed by atoms with E-state index < -0.39 is 0 Å². The molecule has 0 aromatic heterocycles. The number of nitrogens with one attached hydrogen (secondary N) is 1. The molecule has 0 aliphatic carbocycles. The highest BCUT2D eigenvalue weighted by Gasteiger charge is 2.24. The van der Waals surface area contributed by atoms with E-state index in [1.54, 1.807) is 30.2 Å². The van der Waals surface area contributed by atoms with Gasteiger partial charge in [0.15, 0.2) is 0 Å². The lowest BCUT2D eigenvalue weighted by atomic mass is 10.1. The fraction of sp³-hybridized carbons (Fsp3) is 0.235. The largest absolute Gasteiger partial charge is 0.495 e. The quantitative estimate of drug-likeness (QED) is 0.901. The molecule has 2 aromatic rings. The van der Waals surface area contributed by atoms with Gasteiger partial charge >= 0.3 is 6.03 Å². The summed E-state index contributed by atoms with van der Waals surface area (Å²) in [4.78, 5) is 14.3. The minimum Gasteiger partial charge on any atom is -0.495 e. The van der Waals surface area contributed by atoms with Crippen molar-refractivity contribution in [3.05, 3.63) is 47.0 Å². The number of benzene rings is 2. The lowest BCUT2D eigenvalue weighted by Crippen LogP contribution is -2.40. The van der Waals surface area contributed by atoms with Gasteiger partial charge in [-0.05, 0) is 42.8 Å². The summed E-state index contributed by atoms with van der Waals surface area (Å²) in [5.41, 5.74) is 2.35. The van der Waals surface area contributed by atoms with E-state index in [0.29, 0.717) is 35.4 Å². The van der Waals surface area contributed by atoms with Crippen LogP contribution in [0.4, 0.5) is 16.2 Å². The molecule has 23 heavy (non-hydrogen) atoms. The summed E-state index contributed by atoms with van der Waals surface area (Å²) in [7, 11) is 1.55. The molecule has 0 unspecified atom stereocenters. The highest BCUT2D eigenvalue weighted by atomic mass is 35.5. The van der Waals surface area contributed by atoms with Gasteiger partial charge in [-0.25, -0.2) is 4.79 Å². The van der Waals surface area contributed by atoms with Crippen LogP contribution in [-0.4, -0.2) is 26.3 Å². The van der Waals surface area contributed by atoms with Crippen molar-refractivity contribution in [2.24, 2.45) is 0 Å². The number of rotatable bonds is 2. The Labute approximate surface area is 139 Å². The second-order valence-electron chi connectivity index (χ2n) is 5.25. The first-order chi connectivity index (χ1) is 11.1. The predicted octanol–water partition coefficient (Wildman–Crippen LogP) is 4.09. The van der Waals surface area contributed by atoms with Crippen molar-refractivity contribution in [2.75, 3.05) is 30.5 Å². The third-order valence-electron chi connectivity index (χ3n) is 3.63. The number of hydrogen-bond acceptors (Lipinski definition) is 3. The fourth-order valence-electron chi connectivity index (χ4n) is 2.50. The molecule has 1 heterocycles. The van der Waals surface area contributed by atoms with E-state index in [-0.39, 0.29) is 6.03 Å². The van der Waals surface area contributed by atoms with E-state index in [4.69, 9.17) is 21.1 Å². The van der Waals surface area contributed by atoms with Crippen LogP contribution >= 0.6 is 11.6 Å². The van der Waals surface area contributed by atoms with E-state index in [2.05, 4.69) is 5.32 Å². The third kappa shape index (κ3) is 3.19. The zero-order valence-electron chi connectivity index (χ0n) is 12.9. The summed E-state index contributed by atoms with van der Waals surface area (Å²) in [6, 6.07) is 10.6. The summed E-state index contributed by atoms with van der Waals surface area (Å²) in [5.74, 6) is 1.26. The molecule has 1 N–H and O–H groups in total. The van der Waals surface area contributed by atoms with Crippen molar-refractivity contribution in [3.8, 4) is 11.5 Å². The number of hydrogen-bond donors (Lipinski definition) is 1. The SMILES string of the molecule is COc1ccc(Cl)cc1NC(=O)N1CCOc2ccc(C)cc21. The molecular formula is C17H17ClN2O3. The highest BCUT2D eigenvalue weighted by Crippen LogP contribution is 2.34. The molecule has 1 aliphatic heterocycles. The number of amides is 2. The molecule has 2 amide bonds. The van der Waals surface area contributed by atoms with E-state index in [1.165, 1.54) is 0 Å². The molecule has 1 aliphatic rings. The van der Waals surface area contributed by atoms with Crippen molar-refractivity contribution in [1.29, 1.82) is 0 Å². The number of fused-ring (bicyclic) bond motifs is 1. The number of urea groups is 1. The number of ether oxygens (including phenoxy) is 2. The van der Waals surface area contributed by atoms with E-state index in [0.717, 1.165) is 11.3 Å². The van der Waals surface area contributed by atoms with Gasteiger partial charge < -0.3 is 14.8 Å². The van der Waals surface area contributed by atoms with Crippen molar-refractivity contribution in [1.82, 2.24) is 0 Å². The Balaban J connectivity index is 1.88. The molecule has 3 rings (SSSR count). The molecule has 120 valence electrons. The first-order valence-electron chi connectivity index (χ1n) is 7.24. The molecular weight excluding hydrogens is 316 g/mol. The third-order valence-corrected chi connectivity index (χ3v) is 3.86. The number of aryl methyl sites for hydroxylation is 1. The van der Waals surface area contributed by atoms with Gasteiger partial charge in [-0.1, -0.05) is 17.7 Å². The number of methoxy groups -OCH3 is 1. The van der Waals surface area contributed by atoms with Crippen molar-refractivity contribution in [2.45, 2.75) is 6.92 Å². The van der Waals surface area contributed by atoms with Crippen molar-refractivity contribution in [3.63, 3.8) is 0 Å². The van der Waals surface area contributed by atoms with E-state index >= 15 is 0 Å². The van der Waals surface area contributed by atoms with Gasteiger partial charge in [0.1, 0.15) is 18.1 Å². The van der Waals surface area contributed by atoms with Gasteiger partial charge in [0.2, 0.25) is 0 Å². The maximum absolute atomic E-state index is 12.7. The van der Waals surface area contributed by atoms with Gasteiger partial charge in [0, 0.05) is 5.02 Å². The molecule has 0 atom stereocenters. The maximum atomic E-state index is 12.7. The van der Waals surface area contributed by atoms with Gasteiger partial charge in [-0.2, -0.15) is 0 Å². The van der Waals surface area contributed by atoms with Gasteiger partial charge in [0.25, 0.3) is 0 Å². The maximum Gasteiger partial charge on any atom is 0.326 e. The Bertz CT molecular complexity index is 749. The number of carbonyl (C=O) groups excluding carboxylic acids is 1. The lowest BCUT2D eigenvalue weighted by molar-refractivity contribution is 0.250.